The molecule has 1 aliphatic heterocycles. The molecular weight excluding hydrogens is 200 g/mol. The molecule has 1 atom stereocenters. The summed E-state index contributed by atoms with van der Waals surface area (Å²) in [6, 6.07) is 6.77. The van der Waals surface area contributed by atoms with Crippen molar-refractivity contribution in [3.05, 3.63) is 24.3 Å². The van der Waals surface area contributed by atoms with Crippen LogP contribution in [0.5, 0.6) is 11.5 Å². The van der Waals surface area contributed by atoms with Crippen molar-refractivity contribution >= 4 is 5.97 Å². The molecule has 0 saturated carbocycles. The van der Waals surface area contributed by atoms with Crippen molar-refractivity contribution in [2.75, 3.05) is 13.7 Å². The van der Waals surface area contributed by atoms with Gasteiger partial charge in [-0.1, -0.05) is 12.1 Å². The summed E-state index contributed by atoms with van der Waals surface area (Å²) in [4.78, 5) is 11.2. The SMILES string of the molecule is COC(=O)[C@]1(O)COc2ccccc2O1. The summed E-state index contributed by atoms with van der Waals surface area (Å²) in [5.74, 6) is -2.12. The van der Waals surface area contributed by atoms with Gasteiger partial charge in [0.1, 0.15) is 0 Å². The molecular formula is C10H10O5. The Morgan fingerprint density at radius 3 is 2.80 bits per heavy atom. The number of fused-ring (bicyclic) bond motifs is 1. The van der Waals surface area contributed by atoms with Gasteiger partial charge in [-0.05, 0) is 12.1 Å². The van der Waals surface area contributed by atoms with Crippen LogP contribution in [-0.4, -0.2) is 30.6 Å². The molecule has 1 aromatic rings. The molecule has 0 aromatic heterocycles. The molecule has 5 heteroatoms. The second-order valence-electron chi connectivity index (χ2n) is 3.11. The van der Waals surface area contributed by atoms with Gasteiger partial charge >= 0.3 is 11.8 Å². The standard InChI is InChI=1S/C10H10O5/c1-13-9(11)10(12)6-14-7-4-2-3-5-8(7)15-10/h2-5,12H,6H2,1H3/t10-/m0/s1. The second kappa shape index (κ2) is 3.43. The monoisotopic (exact) mass is 210 g/mol. The van der Waals surface area contributed by atoms with E-state index in [1.165, 1.54) is 7.11 Å². The smallest absolute Gasteiger partial charge is 0.383 e. The molecule has 0 amide bonds. The highest BCUT2D eigenvalue weighted by molar-refractivity contribution is 5.78. The van der Waals surface area contributed by atoms with Gasteiger partial charge in [-0.2, -0.15) is 0 Å². The van der Waals surface area contributed by atoms with Crippen LogP contribution in [0.15, 0.2) is 24.3 Å². The van der Waals surface area contributed by atoms with Crippen LogP contribution in [0.2, 0.25) is 0 Å². The van der Waals surface area contributed by atoms with Crippen LogP contribution in [0.1, 0.15) is 0 Å². The summed E-state index contributed by atoms with van der Waals surface area (Å²) >= 11 is 0. The van der Waals surface area contributed by atoms with Gasteiger partial charge in [0, 0.05) is 0 Å². The first-order valence-electron chi connectivity index (χ1n) is 4.37. The lowest BCUT2D eigenvalue weighted by Crippen LogP contribution is -2.52. The van der Waals surface area contributed by atoms with Gasteiger partial charge in [0.15, 0.2) is 18.1 Å². The Labute approximate surface area is 86.2 Å². The molecule has 1 aromatic carbocycles. The number of carbonyl (C=O) groups excluding carboxylic acids is 1. The maximum absolute atomic E-state index is 11.2. The van der Waals surface area contributed by atoms with Gasteiger partial charge in [0.25, 0.3) is 0 Å². The third kappa shape index (κ3) is 1.61. The van der Waals surface area contributed by atoms with E-state index in [1.54, 1.807) is 24.3 Å². The van der Waals surface area contributed by atoms with Crippen LogP contribution in [0.3, 0.4) is 0 Å². The Kier molecular flexibility index (Phi) is 2.24. The quantitative estimate of drug-likeness (QED) is 0.676. The topological polar surface area (TPSA) is 65.0 Å². The van der Waals surface area contributed by atoms with Gasteiger partial charge in [-0.25, -0.2) is 4.79 Å². The zero-order valence-electron chi connectivity index (χ0n) is 8.10. The third-order valence-corrected chi connectivity index (χ3v) is 2.06. The van der Waals surface area contributed by atoms with Crippen LogP contribution in [-0.2, 0) is 9.53 Å². The Hall–Kier alpha value is -1.75. The number of rotatable bonds is 1. The Bertz CT molecular complexity index is 389. The van der Waals surface area contributed by atoms with E-state index in [-0.39, 0.29) is 6.61 Å². The van der Waals surface area contributed by atoms with Crippen molar-refractivity contribution in [1.82, 2.24) is 0 Å². The van der Waals surface area contributed by atoms with Crippen molar-refractivity contribution in [3.63, 3.8) is 0 Å². The Morgan fingerprint density at radius 2 is 2.13 bits per heavy atom. The number of esters is 1. The minimum atomic E-state index is -2.05. The fourth-order valence-corrected chi connectivity index (χ4v) is 1.30. The summed E-state index contributed by atoms with van der Waals surface area (Å²) in [5.41, 5.74) is 0. The lowest BCUT2D eigenvalue weighted by Gasteiger charge is -2.31. The predicted molar refractivity (Wildman–Crippen MR) is 49.5 cm³/mol. The van der Waals surface area contributed by atoms with Crippen molar-refractivity contribution in [2.24, 2.45) is 0 Å². The second-order valence-corrected chi connectivity index (χ2v) is 3.11. The number of methoxy groups -OCH3 is 1. The molecule has 1 aliphatic rings. The maximum Gasteiger partial charge on any atom is 0.383 e. The van der Waals surface area contributed by atoms with E-state index >= 15 is 0 Å². The number of carbonyl (C=O) groups is 1. The molecule has 0 radical (unpaired) electrons. The fraction of sp³-hybridized carbons (Fsp3) is 0.300. The summed E-state index contributed by atoms with van der Waals surface area (Å²) in [6.45, 7) is -0.281. The Morgan fingerprint density at radius 1 is 1.47 bits per heavy atom. The first kappa shape index (κ1) is 9.79. The average molecular weight is 210 g/mol. The molecule has 0 unspecified atom stereocenters. The van der Waals surface area contributed by atoms with Crippen LogP contribution in [0.4, 0.5) is 0 Å². The van der Waals surface area contributed by atoms with Crippen LogP contribution < -0.4 is 9.47 Å². The van der Waals surface area contributed by atoms with E-state index in [0.717, 1.165) is 0 Å². The number of benzene rings is 1. The van der Waals surface area contributed by atoms with Gasteiger partial charge in [-0.15, -0.1) is 0 Å². The molecule has 0 saturated heterocycles. The van der Waals surface area contributed by atoms with Crippen molar-refractivity contribution in [1.29, 1.82) is 0 Å². The van der Waals surface area contributed by atoms with Gasteiger partial charge in [-0.3, -0.25) is 0 Å². The lowest BCUT2D eigenvalue weighted by atomic mass is 10.2. The molecule has 80 valence electrons. The molecule has 1 N–H and O–H groups in total. The van der Waals surface area contributed by atoms with E-state index in [4.69, 9.17) is 9.47 Å². The lowest BCUT2D eigenvalue weighted by molar-refractivity contribution is -0.211. The molecule has 2 rings (SSSR count). The molecule has 0 fully saturated rings. The molecule has 1 heterocycles. The van der Waals surface area contributed by atoms with Crippen molar-refractivity contribution < 1.29 is 24.1 Å². The summed E-state index contributed by atoms with van der Waals surface area (Å²) in [6.07, 6.45) is 0. The summed E-state index contributed by atoms with van der Waals surface area (Å²) in [5, 5.41) is 9.76. The minimum Gasteiger partial charge on any atom is -0.482 e. The number of para-hydroxylation sites is 2. The van der Waals surface area contributed by atoms with Crippen molar-refractivity contribution in [3.8, 4) is 11.5 Å². The highest BCUT2D eigenvalue weighted by Crippen LogP contribution is 2.34. The third-order valence-electron chi connectivity index (χ3n) is 2.06. The molecule has 0 bridgehead atoms. The number of hydrogen-bond donors (Lipinski definition) is 1. The Balaban J connectivity index is 2.28. The van der Waals surface area contributed by atoms with Gasteiger partial charge < -0.3 is 19.3 Å². The van der Waals surface area contributed by atoms with E-state index in [9.17, 15) is 9.90 Å². The molecule has 15 heavy (non-hydrogen) atoms. The summed E-state index contributed by atoms with van der Waals surface area (Å²) in [7, 11) is 1.17. The van der Waals surface area contributed by atoms with E-state index in [2.05, 4.69) is 4.74 Å². The van der Waals surface area contributed by atoms with E-state index in [0.29, 0.717) is 11.5 Å². The predicted octanol–water partition coefficient (Wildman–Crippen LogP) is 0.319. The fourth-order valence-electron chi connectivity index (χ4n) is 1.30. The minimum absolute atomic E-state index is 0.281. The molecule has 0 spiro atoms. The zero-order chi connectivity index (χ0) is 10.9. The van der Waals surface area contributed by atoms with Gasteiger partial charge in [0.05, 0.1) is 7.11 Å². The van der Waals surface area contributed by atoms with E-state index in [1.807, 2.05) is 0 Å². The molecule has 5 nitrogen and oxygen atoms in total. The average Bonchev–Trinajstić information content (AvgIpc) is 2.27. The first-order chi connectivity index (χ1) is 7.15. The highest BCUT2D eigenvalue weighted by atomic mass is 16.7. The number of ether oxygens (including phenoxy) is 3. The number of aliphatic hydroxyl groups is 1. The maximum atomic E-state index is 11.2. The first-order valence-corrected chi connectivity index (χ1v) is 4.37. The van der Waals surface area contributed by atoms with Crippen molar-refractivity contribution in [2.45, 2.75) is 5.79 Å². The number of hydrogen-bond acceptors (Lipinski definition) is 5. The normalized spacial score (nSPS) is 23.3. The summed E-state index contributed by atoms with van der Waals surface area (Å²) < 4.78 is 14.7. The van der Waals surface area contributed by atoms with Crippen LogP contribution in [0, 0.1) is 0 Å². The largest absolute Gasteiger partial charge is 0.482 e. The van der Waals surface area contributed by atoms with Gasteiger partial charge in [0.2, 0.25) is 0 Å². The van der Waals surface area contributed by atoms with E-state index < -0.39 is 11.8 Å². The molecule has 0 aliphatic carbocycles. The highest BCUT2D eigenvalue weighted by Gasteiger charge is 2.44. The van der Waals surface area contributed by atoms with Crippen LogP contribution in [0.25, 0.3) is 0 Å². The van der Waals surface area contributed by atoms with Crippen LogP contribution >= 0.6 is 0 Å². The zero-order valence-corrected chi connectivity index (χ0v) is 8.10.